The van der Waals surface area contributed by atoms with Crippen molar-refractivity contribution in [3.63, 3.8) is 0 Å². The highest BCUT2D eigenvalue weighted by atomic mass is 32.2. The lowest BCUT2D eigenvalue weighted by molar-refractivity contribution is 0.461. The minimum absolute atomic E-state index is 0.143. The molecule has 0 aliphatic carbocycles. The average molecular weight is 359 g/mol. The van der Waals surface area contributed by atoms with Gasteiger partial charge in [0.15, 0.2) is 5.76 Å². The Morgan fingerprint density at radius 1 is 1.08 bits per heavy atom. The molecular formula is C18H21N3O3S. The van der Waals surface area contributed by atoms with Crippen LogP contribution >= 0.6 is 0 Å². The Morgan fingerprint density at radius 2 is 1.76 bits per heavy atom. The van der Waals surface area contributed by atoms with Gasteiger partial charge in [-0.15, -0.1) is 0 Å². The van der Waals surface area contributed by atoms with Crippen LogP contribution in [0.1, 0.15) is 36.6 Å². The maximum atomic E-state index is 12.5. The second-order valence-corrected chi connectivity index (χ2v) is 7.94. The lowest BCUT2D eigenvalue weighted by Crippen LogP contribution is -2.12. The third-order valence-corrected chi connectivity index (χ3v) is 5.42. The van der Waals surface area contributed by atoms with E-state index in [1.54, 1.807) is 18.2 Å². The van der Waals surface area contributed by atoms with Crippen LogP contribution in [0.15, 0.2) is 45.9 Å². The van der Waals surface area contributed by atoms with E-state index in [0.29, 0.717) is 23.1 Å². The van der Waals surface area contributed by atoms with E-state index in [2.05, 4.69) is 28.8 Å². The summed E-state index contributed by atoms with van der Waals surface area (Å²) in [4.78, 5) is 0. The predicted octanol–water partition coefficient (Wildman–Crippen LogP) is 4.21. The number of sulfonamides is 1. The van der Waals surface area contributed by atoms with Crippen molar-refractivity contribution in [2.24, 2.45) is 0 Å². The smallest absolute Gasteiger partial charge is 0.295 e. The van der Waals surface area contributed by atoms with Crippen molar-refractivity contribution in [3.8, 4) is 11.5 Å². The van der Waals surface area contributed by atoms with E-state index in [-0.39, 0.29) is 5.09 Å². The summed E-state index contributed by atoms with van der Waals surface area (Å²) >= 11 is 0. The monoisotopic (exact) mass is 359 g/mol. The van der Waals surface area contributed by atoms with Gasteiger partial charge in [-0.3, -0.25) is 9.82 Å². The zero-order chi connectivity index (χ0) is 18.2. The van der Waals surface area contributed by atoms with Crippen LogP contribution in [-0.4, -0.2) is 18.6 Å². The van der Waals surface area contributed by atoms with E-state index < -0.39 is 10.0 Å². The number of aromatic amines is 1. The Morgan fingerprint density at radius 3 is 2.32 bits per heavy atom. The number of rotatable bonds is 5. The molecule has 0 aliphatic rings. The molecule has 0 saturated carbocycles. The first-order chi connectivity index (χ1) is 11.8. The van der Waals surface area contributed by atoms with Crippen molar-refractivity contribution in [2.75, 3.05) is 4.72 Å². The van der Waals surface area contributed by atoms with Crippen molar-refractivity contribution in [3.05, 3.63) is 53.2 Å². The maximum absolute atomic E-state index is 12.5. The van der Waals surface area contributed by atoms with Gasteiger partial charge in [-0.1, -0.05) is 26.0 Å². The highest BCUT2D eigenvalue weighted by Gasteiger charge is 2.21. The summed E-state index contributed by atoms with van der Waals surface area (Å²) in [6, 6.07) is 10.4. The van der Waals surface area contributed by atoms with Crippen molar-refractivity contribution in [1.82, 2.24) is 10.2 Å². The fourth-order valence-electron chi connectivity index (χ4n) is 2.46. The molecule has 0 amide bonds. The first-order valence-corrected chi connectivity index (χ1v) is 9.51. The SMILES string of the molecule is Cc1[nH]nc(-c2ccc(S(=O)(=O)Nc3ccc(C(C)C)cc3)o2)c1C. The van der Waals surface area contributed by atoms with Crippen LogP contribution in [0.5, 0.6) is 0 Å². The zero-order valence-electron chi connectivity index (χ0n) is 14.6. The molecule has 0 aliphatic heterocycles. The van der Waals surface area contributed by atoms with E-state index in [1.165, 1.54) is 6.07 Å². The summed E-state index contributed by atoms with van der Waals surface area (Å²) in [5, 5.41) is 6.88. The number of aryl methyl sites for hydroxylation is 1. The number of H-pyrrole nitrogens is 1. The molecule has 0 fully saturated rings. The number of nitrogens with one attached hydrogen (secondary N) is 2. The van der Waals surface area contributed by atoms with Crippen LogP contribution in [0.3, 0.4) is 0 Å². The highest BCUT2D eigenvalue weighted by molar-refractivity contribution is 7.92. The third-order valence-electron chi connectivity index (χ3n) is 4.16. The predicted molar refractivity (Wildman–Crippen MR) is 97.1 cm³/mol. The molecule has 0 bridgehead atoms. The zero-order valence-corrected chi connectivity index (χ0v) is 15.4. The summed E-state index contributed by atoms with van der Waals surface area (Å²) in [6.45, 7) is 7.97. The Hall–Kier alpha value is -2.54. The molecule has 7 heteroatoms. The Kier molecular flexibility index (Phi) is 4.43. The second-order valence-electron chi connectivity index (χ2n) is 6.32. The third kappa shape index (κ3) is 3.46. The second kappa shape index (κ2) is 6.40. The minimum Gasteiger partial charge on any atom is -0.441 e. The van der Waals surface area contributed by atoms with Crippen LogP contribution in [0.4, 0.5) is 5.69 Å². The molecule has 25 heavy (non-hydrogen) atoms. The molecular weight excluding hydrogens is 338 g/mol. The lowest BCUT2D eigenvalue weighted by Gasteiger charge is -2.08. The first-order valence-electron chi connectivity index (χ1n) is 8.02. The summed E-state index contributed by atoms with van der Waals surface area (Å²) in [7, 11) is -3.79. The fourth-order valence-corrected chi connectivity index (χ4v) is 3.45. The van der Waals surface area contributed by atoms with Crippen molar-refractivity contribution >= 4 is 15.7 Å². The number of hydrogen-bond donors (Lipinski definition) is 2. The fraction of sp³-hybridized carbons (Fsp3) is 0.278. The molecule has 3 rings (SSSR count). The van der Waals surface area contributed by atoms with Gasteiger partial charge >= 0.3 is 0 Å². The molecule has 0 saturated heterocycles. The molecule has 0 spiro atoms. The molecule has 3 aromatic rings. The van der Waals surface area contributed by atoms with Crippen molar-refractivity contribution in [1.29, 1.82) is 0 Å². The molecule has 1 aromatic carbocycles. The van der Waals surface area contributed by atoms with Crippen LogP contribution < -0.4 is 4.72 Å². The van der Waals surface area contributed by atoms with Gasteiger partial charge in [-0.2, -0.15) is 13.5 Å². The molecule has 2 heterocycles. The maximum Gasteiger partial charge on any atom is 0.295 e. The largest absolute Gasteiger partial charge is 0.441 e. The van der Waals surface area contributed by atoms with Gasteiger partial charge < -0.3 is 4.42 Å². The number of benzene rings is 1. The molecule has 0 radical (unpaired) electrons. The first kappa shape index (κ1) is 17.3. The number of nitrogens with zero attached hydrogens (tertiary/aromatic N) is 1. The van der Waals surface area contributed by atoms with Gasteiger partial charge in [-0.05, 0) is 49.6 Å². The van der Waals surface area contributed by atoms with E-state index in [9.17, 15) is 8.42 Å². The Labute approximate surface area is 147 Å². The highest BCUT2D eigenvalue weighted by Crippen LogP contribution is 2.28. The molecule has 132 valence electrons. The number of furan rings is 1. The normalized spacial score (nSPS) is 11.9. The molecule has 6 nitrogen and oxygen atoms in total. The number of aromatic nitrogens is 2. The standard InChI is InChI=1S/C18H21N3O3S/c1-11(2)14-5-7-15(8-6-14)21-25(22,23)17-10-9-16(24-17)18-12(3)13(4)19-20-18/h5-11,21H,1-4H3,(H,19,20). The quantitative estimate of drug-likeness (QED) is 0.714. The van der Waals surface area contributed by atoms with Gasteiger partial charge in [0.25, 0.3) is 10.0 Å². The average Bonchev–Trinajstić information content (AvgIpc) is 3.16. The Balaban J connectivity index is 1.84. The number of anilines is 1. The summed E-state index contributed by atoms with van der Waals surface area (Å²) < 4.78 is 33.1. The molecule has 0 unspecified atom stereocenters. The topological polar surface area (TPSA) is 88.0 Å². The van der Waals surface area contributed by atoms with E-state index in [1.807, 2.05) is 26.0 Å². The van der Waals surface area contributed by atoms with Crippen LogP contribution in [-0.2, 0) is 10.0 Å². The van der Waals surface area contributed by atoms with Gasteiger partial charge in [-0.25, -0.2) is 0 Å². The van der Waals surface area contributed by atoms with E-state index in [0.717, 1.165) is 16.8 Å². The molecule has 0 atom stereocenters. The van der Waals surface area contributed by atoms with Gasteiger partial charge in [0.2, 0.25) is 5.09 Å². The van der Waals surface area contributed by atoms with Crippen LogP contribution in [0.2, 0.25) is 0 Å². The van der Waals surface area contributed by atoms with Crippen LogP contribution in [0, 0.1) is 13.8 Å². The summed E-state index contributed by atoms with van der Waals surface area (Å²) in [6.07, 6.45) is 0. The van der Waals surface area contributed by atoms with Gasteiger partial charge in [0, 0.05) is 16.9 Å². The summed E-state index contributed by atoms with van der Waals surface area (Å²) in [5.74, 6) is 0.802. The molecule has 2 aromatic heterocycles. The Bertz CT molecular complexity index is 983. The van der Waals surface area contributed by atoms with Gasteiger partial charge in [0.05, 0.1) is 0 Å². The minimum atomic E-state index is -3.79. The van der Waals surface area contributed by atoms with E-state index >= 15 is 0 Å². The van der Waals surface area contributed by atoms with Crippen molar-refractivity contribution in [2.45, 2.75) is 38.7 Å². The van der Waals surface area contributed by atoms with Crippen LogP contribution in [0.25, 0.3) is 11.5 Å². The lowest BCUT2D eigenvalue weighted by atomic mass is 10.0. The van der Waals surface area contributed by atoms with E-state index in [4.69, 9.17) is 4.42 Å². The molecule has 2 N–H and O–H groups in total. The van der Waals surface area contributed by atoms with Gasteiger partial charge in [0.1, 0.15) is 5.69 Å². The summed E-state index contributed by atoms with van der Waals surface area (Å²) in [5.41, 5.74) is 4.09. The number of hydrogen-bond acceptors (Lipinski definition) is 4. The van der Waals surface area contributed by atoms with Crippen molar-refractivity contribution < 1.29 is 12.8 Å².